The average molecular weight is 179 g/mol. The maximum atomic E-state index is 9.20. The molecule has 4 nitrogen and oxygen atoms in total. The molecule has 0 aromatic heterocycles. The smallest absolute Gasteiger partial charge is 0.108 e. The number of hydrogen-bond donors (Lipinski definition) is 4. The van der Waals surface area contributed by atoms with Crippen molar-refractivity contribution in [2.24, 2.45) is 0 Å². The minimum atomic E-state index is -1.17. The van der Waals surface area contributed by atoms with E-state index in [0.29, 0.717) is 0 Å². The molecule has 0 bridgehead atoms. The molecule has 1 aliphatic rings. The summed E-state index contributed by atoms with van der Waals surface area (Å²) in [7, 11) is 0. The molecule has 11 heavy (non-hydrogen) atoms. The van der Waals surface area contributed by atoms with Gasteiger partial charge in [-0.25, -0.2) is 0 Å². The average Bonchev–Trinajstić information content (AvgIpc) is 2.01. The van der Waals surface area contributed by atoms with E-state index in [0.717, 1.165) is 11.8 Å². The Hall–Kier alpha value is 0.190. The van der Waals surface area contributed by atoms with Crippen LogP contribution in [0.25, 0.3) is 0 Å². The lowest BCUT2D eigenvalue weighted by molar-refractivity contribution is -0.0526. The van der Waals surface area contributed by atoms with Gasteiger partial charge in [0.2, 0.25) is 0 Å². The lowest BCUT2D eigenvalue weighted by atomic mass is 10.1. The first-order valence-corrected chi connectivity index (χ1v) is 4.25. The summed E-state index contributed by atoms with van der Waals surface area (Å²) in [5.41, 5.74) is 0. The Morgan fingerprint density at radius 3 is 2.36 bits per heavy atom. The molecule has 0 unspecified atom stereocenters. The van der Waals surface area contributed by atoms with Gasteiger partial charge in [0, 0.05) is 5.75 Å². The third kappa shape index (κ3) is 1.86. The minimum absolute atomic E-state index is 0.202. The van der Waals surface area contributed by atoms with Crippen LogP contribution in [0.2, 0.25) is 0 Å². The van der Waals surface area contributed by atoms with Crippen molar-refractivity contribution in [3.63, 3.8) is 0 Å². The van der Waals surface area contributed by atoms with Gasteiger partial charge < -0.3 is 20.4 Å². The van der Waals surface area contributed by atoms with E-state index in [1.54, 1.807) is 0 Å². The summed E-state index contributed by atoms with van der Waals surface area (Å²) in [5.74, 6) is 1.41. The Balaban J connectivity index is 2.52. The molecule has 1 aliphatic heterocycles. The first-order chi connectivity index (χ1) is 5.16. The first kappa shape index (κ1) is 9.28. The third-order valence-corrected chi connectivity index (χ3v) is 2.87. The summed E-state index contributed by atoms with van der Waals surface area (Å²) in [6, 6.07) is 0. The van der Waals surface area contributed by atoms with Crippen LogP contribution in [0.3, 0.4) is 0 Å². The number of thioether (sulfide) groups is 1. The van der Waals surface area contributed by atoms with E-state index in [4.69, 9.17) is 15.3 Å². The molecule has 0 aromatic rings. The highest BCUT2D eigenvalue weighted by molar-refractivity contribution is 8.02. The van der Waals surface area contributed by atoms with Crippen LogP contribution in [-0.2, 0) is 0 Å². The summed E-state index contributed by atoms with van der Waals surface area (Å²) >= 11 is 1.15. The van der Waals surface area contributed by atoms with Crippen LogP contribution in [0, 0.1) is 5.75 Å². The molecule has 4 atom stereocenters. The van der Waals surface area contributed by atoms with Gasteiger partial charge in [-0.3, -0.25) is 0 Å². The fraction of sp³-hybridized carbons (Fsp3) is 0.833. The maximum absolute atomic E-state index is 9.20. The SMILES string of the molecule is OC[C@@H]1S[CH][C@H](O)[C@@H](O)[C@H]1O. The first-order valence-electron chi connectivity index (χ1n) is 3.30. The van der Waals surface area contributed by atoms with Gasteiger partial charge in [0.05, 0.1) is 24.1 Å². The van der Waals surface area contributed by atoms with Crippen molar-refractivity contribution in [3.8, 4) is 0 Å². The molecule has 1 radical (unpaired) electrons. The van der Waals surface area contributed by atoms with E-state index in [1.165, 1.54) is 5.75 Å². The number of aliphatic hydroxyl groups is 4. The van der Waals surface area contributed by atoms with Crippen LogP contribution >= 0.6 is 11.8 Å². The second-order valence-electron chi connectivity index (χ2n) is 2.46. The van der Waals surface area contributed by atoms with Gasteiger partial charge in [-0.1, -0.05) is 0 Å². The number of rotatable bonds is 1. The predicted molar refractivity (Wildman–Crippen MR) is 40.8 cm³/mol. The molecule has 0 spiro atoms. The van der Waals surface area contributed by atoms with Crippen molar-refractivity contribution in [1.29, 1.82) is 0 Å². The van der Waals surface area contributed by atoms with E-state index < -0.39 is 23.6 Å². The quantitative estimate of drug-likeness (QED) is 0.387. The van der Waals surface area contributed by atoms with E-state index in [2.05, 4.69) is 0 Å². The van der Waals surface area contributed by atoms with Crippen molar-refractivity contribution < 1.29 is 20.4 Å². The van der Waals surface area contributed by atoms with Gasteiger partial charge in [0.15, 0.2) is 0 Å². The van der Waals surface area contributed by atoms with E-state index >= 15 is 0 Å². The molecular formula is C6H11O4S. The lowest BCUT2D eigenvalue weighted by Crippen LogP contribution is -2.48. The highest BCUT2D eigenvalue weighted by Gasteiger charge is 2.36. The molecule has 0 aliphatic carbocycles. The fourth-order valence-electron chi connectivity index (χ4n) is 0.915. The second-order valence-corrected chi connectivity index (χ2v) is 3.61. The van der Waals surface area contributed by atoms with Crippen molar-refractivity contribution in [1.82, 2.24) is 0 Å². The summed E-state index contributed by atoms with van der Waals surface area (Å²) in [4.78, 5) is 0. The zero-order chi connectivity index (χ0) is 8.43. The van der Waals surface area contributed by atoms with Crippen LogP contribution < -0.4 is 0 Å². The summed E-state index contributed by atoms with van der Waals surface area (Å²) in [5, 5.41) is 35.5. The van der Waals surface area contributed by atoms with E-state index in [1.807, 2.05) is 0 Å². The normalized spacial score (nSPS) is 45.8. The van der Waals surface area contributed by atoms with Gasteiger partial charge in [-0.2, -0.15) is 0 Å². The zero-order valence-corrected chi connectivity index (χ0v) is 6.61. The molecule has 0 saturated carbocycles. The van der Waals surface area contributed by atoms with Crippen molar-refractivity contribution >= 4 is 11.8 Å². The Morgan fingerprint density at radius 2 is 1.82 bits per heavy atom. The predicted octanol–water partition coefficient (Wildman–Crippen LogP) is -1.66. The Kier molecular flexibility index (Phi) is 3.15. The molecular weight excluding hydrogens is 168 g/mol. The molecule has 0 aromatic carbocycles. The molecule has 1 rings (SSSR count). The monoisotopic (exact) mass is 179 g/mol. The minimum Gasteiger partial charge on any atom is -0.395 e. The van der Waals surface area contributed by atoms with Crippen molar-refractivity contribution in [2.45, 2.75) is 23.6 Å². The molecule has 65 valence electrons. The Bertz CT molecular complexity index is 130. The standard InChI is InChI=1S/C6H11O4S/c7-1-4-6(10)5(9)3(8)2-11-4/h2-10H,1H2/t3-,4-,5+,6-/m0/s1. The molecule has 1 heterocycles. The van der Waals surface area contributed by atoms with Crippen LogP contribution in [-0.4, -0.2) is 50.6 Å². The van der Waals surface area contributed by atoms with Gasteiger partial charge in [0.25, 0.3) is 0 Å². The van der Waals surface area contributed by atoms with Gasteiger partial charge >= 0.3 is 0 Å². The highest BCUT2D eigenvalue weighted by Crippen LogP contribution is 2.29. The highest BCUT2D eigenvalue weighted by atomic mass is 32.2. The molecule has 4 N–H and O–H groups in total. The van der Waals surface area contributed by atoms with Crippen LogP contribution in [0.5, 0.6) is 0 Å². The van der Waals surface area contributed by atoms with E-state index in [-0.39, 0.29) is 6.61 Å². The Labute approximate surface area is 68.9 Å². The molecule has 5 heteroatoms. The van der Waals surface area contributed by atoms with Crippen molar-refractivity contribution in [2.75, 3.05) is 6.61 Å². The fourth-order valence-corrected chi connectivity index (χ4v) is 1.85. The maximum Gasteiger partial charge on any atom is 0.108 e. The second kappa shape index (κ2) is 3.73. The Morgan fingerprint density at radius 1 is 1.18 bits per heavy atom. The van der Waals surface area contributed by atoms with Crippen LogP contribution in [0.4, 0.5) is 0 Å². The van der Waals surface area contributed by atoms with Gasteiger partial charge in [-0.15, -0.1) is 11.8 Å². The third-order valence-electron chi connectivity index (χ3n) is 1.65. The molecule has 0 amide bonds. The van der Waals surface area contributed by atoms with Crippen molar-refractivity contribution in [3.05, 3.63) is 5.75 Å². The topological polar surface area (TPSA) is 80.9 Å². The largest absolute Gasteiger partial charge is 0.395 e. The zero-order valence-electron chi connectivity index (χ0n) is 5.79. The number of aliphatic hydroxyl groups excluding tert-OH is 4. The van der Waals surface area contributed by atoms with Gasteiger partial charge in [0.1, 0.15) is 6.10 Å². The lowest BCUT2D eigenvalue weighted by Gasteiger charge is -2.33. The summed E-state index contributed by atoms with van der Waals surface area (Å²) in [6.45, 7) is -0.202. The van der Waals surface area contributed by atoms with Gasteiger partial charge in [-0.05, 0) is 0 Å². The number of hydrogen-bond acceptors (Lipinski definition) is 5. The van der Waals surface area contributed by atoms with E-state index in [9.17, 15) is 5.11 Å². The van der Waals surface area contributed by atoms with Crippen LogP contribution in [0.15, 0.2) is 0 Å². The molecule has 1 saturated heterocycles. The summed E-state index contributed by atoms with van der Waals surface area (Å²) in [6.07, 6.45) is -3.23. The molecule has 1 fully saturated rings. The van der Waals surface area contributed by atoms with Crippen LogP contribution in [0.1, 0.15) is 0 Å². The summed E-state index contributed by atoms with van der Waals surface area (Å²) < 4.78 is 0.